The predicted molar refractivity (Wildman–Crippen MR) is 94.1 cm³/mol. The molecule has 0 spiro atoms. The number of nitrogens with zero attached hydrogens (tertiary/aromatic N) is 1. The zero-order valence-corrected chi connectivity index (χ0v) is 14.9. The van der Waals surface area contributed by atoms with E-state index in [1.807, 2.05) is 0 Å². The van der Waals surface area contributed by atoms with Crippen LogP contribution in [-0.4, -0.2) is 24.0 Å². The Bertz CT molecular complexity index is 433. The summed E-state index contributed by atoms with van der Waals surface area (Å²) in [5.41, 5.74) is 0.804. The molecule has 2 unspecified atom stereocenters. The zero-order chi connectivity index (χ0) is 15.0. The largest absolute Gasteiger partial charge is 0.300 e. The Morgan fingerprint density at radius 1 is 0.609 bits per heavy atom. The summed E-state index contributed by atoms with van der Waals surface area (Å²) in [4.78, 5) is 3.02. The molecule has 0 amide bonds. The van der Waals surface area contributed by atoms with Gasteiger partial charge in [0.1, 0.15) is 0 Å². The second-order valence-corrected chi connectivity index (χ2v) is 11.1. The number of hydrogen-bond donors (Lipinski definition) is 0. The first-order valence-corrected chi connectivity index (χ1v) is 11.0. The lowest BCUT2D eigenvalue weighted by atomic mass is 9.49. The second kappa shape index (κ2) is 4.99. The summed E-state index contributed by atoms with van der Waals surface area (Å²) < 4.78 is 0. The van der Waals surface area contributed by atoms with Gasteiger partial charge in [0.25, 0.3) is 0 Å². The Balaban J connectivity index is 1.17. The summed E-state index contributed by atoms with van der Waals surface area (Å²) in [5, 5.41) is 0. The highest BCUT2D eigenvalue weighted by Gasteiger charge is 2.51. The maximum absolute atomic E-state index is 3.02. The van der Waals surface area contributed by atoms with Gasteiger partial charge in [-0.25, -0.2) is 0 Å². The van der Waals surface area contributed by atoms with E-state index in [0.717, 1.165) is 47.0 Å². The number of rotatable bonds is 3. The van der Waals surface area contributed by atoms with E-state index in [4.69, 9.17) is 0 Å². The van der Waals surface area contributed by atoms with E-state index < -0.39 is 0 Å². The third-order valence-electron chi connectivity index (χ3n) is 9.31. The van der Waals surface area contributed by atoms with Gasteiger partial charge in [0, 0.05) is 12.6 Å². The van der Waals surface area contributed by atoms with E-state index in [0.29, 0.717) is 0 Å². The molecule has 23 heavy (non-hydrogen) atoms. The lowest BCUT2D eigenvalue weighted by Gasteiger charge is -2.57. The molecular weight excluding hydrogens is 278 g/mol. The van der Waals surface area contributed by atoms with Crippen molar-refractivity contribution in [2.45, 2.75) is 83.1 Å². The lowest BCUT2D eigenvalue weighted by molar-refractivity contribution is -0.0628. The predicted octanol–water partition coefficient (Wildman–Crippen LogP) is 5.10. The monoisotopic (exact) mass is 313 g/mol. The van der Waals surface area contributed by atoms with Gasteiger partial charge >= 0.3 is 0 Å². The van der Waals surface area contributed by atoms with Gasteiger partial charge in [0.2, 0.25) is 0 Å². The van der Waals surface area contributed by atoms with Crippen LogP contribution in [-0.2, 0) is 0 Å². The van der Waals surface area contributed by atoms with Crippen LogP contribution in [0.1, 0.15) is 77.0 Å². The quantitative estimate of drug-likeness (QED) is 0.700. The Morgan fingerprint density at radius 2 is 1.13 bits per heavy atom. The highest BCUT2D eigenvalue weighted by molar-refractivity contribution is 5.02. The molecule has 8 bridgehead atoms. The van der Waals surface area contributed by atoms with Crippen molar-refractivity contribution >= 4 is 0 Å². The van der Waals surface area contributed by atoms with Crippen LogP contribution in [0.5, 0.6) is 0 Å². The van der Waals surface area contributed by atoms with Gasteiger partial charge in [-0.1, -0.05) is 0 Å². The van der Waals surface area contributed by atoms with Crippen LogP contribution in [0.2, 0.25) is 0 Å². The van der Waals surface area contributed by atoms with Crippen LogP contribution >= 0.6 is 0 Å². The van der Waals surface area contributed by atoms with Gasteiger partial charge in [-0.3, -0.25) is 0 Å². The van der Waals surface area contributed by atoms with Gasteiger partial charge < -0.3 is 4.90 Å². The Labute approximate surface area is 142 Å². The fourth-order valence-electron chi connectivity index (χ4n) is 9.13. The third-order valence-corrected chi connectivity index (χ3v) is 9.31. The number of hydrogen-bond acceptors (Lipinski definition) is 1. The van der Waals surface area contributed by atoms with Crippen molar-refractivity contribution < 1.29 is 0 Å². The van der Waals surface area contributed by atoms with E-state index >= 15 is 0 Å². The first-order chi connectivity index (χ1) is 11.2. The Kier molecular flexibility index (Phi) is 3.07. The first-order valence-electron chi connectivity index (χ1n) is 11.0. The van der Waals surface area contributed by atoms with Crippen molar-refractivity contribution in [3.05, 3.63) is 0 Å². The Hall–Kier alpha value is -0.0400. The first kappa shape index (κ1) is 14.2. The number of fused-ring (bicyclic) bond motifs is 1. The fraction of sp³-hybridized carbons (Fsp3) is 1.00. The summed E-state index contributed by atoms with van der Waals surface area (Å²) in [6.07, 6.45) is 19.1. The molecule has 2 atom stereocenters. The van der Waals surface area contributed by atoms with Gasteiger partial charge in [-0.15, -0.1) is 0 Å². The molecule has 8 rings (SSSR count). The topological polar surface area (TPSA) is 3.24 Å². The molecule has 1 nitrogen and oxygen atoms in total. The molecule has 8 fully saturated rings. The molecular formula is C22H35N. The van der Waals surface area contributed by atoms with Gasteiger partial charge in [-0.2, -0.15) is 0 Å². The second-order valence-electron chi connectivity index (χ2n) is 11.1. The molecule has 0 radical (unpaired) electrons. The van der Waals surface area contributed by atoms with Crippen LogP contribution < -0.4 is 0 Å². The fourth-order valence-corrected chi connectivity index (χ4v) is 9.13. The molecule has 8 aliphatic rings. The van der Waals surface area contributed by atoms with Crippen molar-refractivity contribution in [3.63, 3.8) is 0 Å². The molecule has 0 aromatic carbocycles. The van der Waals surface area contributed by atoms with Crippen molar-refractivity contribution in [2.24, 2.45) is 40.9 Å². The summed E-state index contributed by atoms with van der Waals surface area (Å²) in [5.74, 6) is 6.71. The standard InChI is InChI=1S/C22H35N/c1(22-11-17-6-18(12-22)8-19(7-17)13-22)2-23-14-20-4-15-3-16(5-20)10-21(23)9-15/h15-21H,1-14H2. The molecule has 6 aliphatic carbocycles. The van der Waals surface area contributed by atoms with Gasteiger partial charge in [0.15, 0.2) is 0 Å². The summed E-state index contributed by atoms with van der Waals surface area (Å²) in [6, 6.07) is 0.986. The highest BCUT2D eigenvalue weighted by Crippen LogP contribution is 2.61. The molecule has 2 aliphatic heterocycles. The van der Waals surface area contributed by atoms with E-state index in [2.05, 4.69) is 4.90 Å². The average Bonchev–Trinajstić information content (AvgIpc) is 2.67. The summed E-state index contributed by atoms with van der Waals surface area (Å²) >= 11 is 0. The SMILES string of the molecule is C1C2CC3CC1CC(C2)N(CCC12CC4CC(CC(C4)C1)C2)C3. The molecule has 0 aromatic heterocycles. The van der Waals surface area contributed by atoms with E-state index in [9.17, 15) is 0 Å². The van der Waals surface area contributed by atoms with Crippen LogP contribution in [0.25, 0.3) is 0 Å². The minimum atomic E-state index is 0.804. The van der Waals surface area contributed by atoms with Gasteiger partial charge in [0.05, 0.1) is 0 Å². The smallest absolute Gasteiger partial charge is 0.0101 e. The van der Waals surface area contributed by atoms with E-state index in [1.165, 1.54) is 13.1 Å². The average molecular weight is 314 g/mol. The molecule has 128 valence electrons. The maximum atomic E-state index is 3.02. The lowest BCUT2D eigenvalue weighted by Crippen LogP contribution is -2.48. The highest BCUT2D eigenvalue weighted by atomic mass is 15.2. The third kappa shape index (κ3) is 2.35. The van der Waals surface area contributed by atoms with Crippen molar-refractivity contribution in [1.29, 1.82) is 0 Å². The van der Waals surface area contributed by atoms with Crippen LogP contribution in [0.15, 0.2) is 0 Å². The zero-order valence-electron chi connectivity index (χ0n) is 14.9. The van der Waals surface area contributed by atoms with Crippen molar-refractivity contribution in [2.75, 3.05) is 13.1 Å². The van der Waals surface area contributed by atoms with E-state index in [-0.39, 0.29) is 0 Å². The van der Waals surface area contributed by atoms with Crippen LogP contribution in [0.4, 0.5) is 0 Å². The molecule has 1 heteroatoms. The minimum absolute atomic E-state index is 0.804. The van der Waals surface area contributed by atoms with Crippen LogP contribution in [0.3, 0.4) is 0 Å². The summed E-state index contributed by atoms with van der Waals surface area (Å²) in [6.45, 7) is 2.94. The molecule has 2 heterocycles. The van der Waals surface area contributed by atoms with Crippen molar-refractivity contribution in [1.82, 2.24) is 4.90 Å². The van der Waals surface area contributed by atoms with E-state index in [1.54, 1.807) is 77.0 Å². The minimum Gasteiger partial charge on any atom is -0.300 e. The maximum Gasteiger partial charge on any atom is 0.0101 e. The van der Waals surface area contributed by atoms with Gasteiger partial charge in [-0.05, 0) is 125 Å². The molecule has 0 N–H and O–H groups in total. The molecule has 0 aromatic rings. The normalized spacial score (nSPS) is 57.1. The van der Waals surface area contributed by atoms with Crippen molar-refractivity contribution in [3.8, 4) is 0 Å². The summed E-state index contributed by atoms with van der Waals surface area (Å²) in [7, 11) is 0. The Morgan fingerprint density at radius 3 is 1.74 bits per heavy atom. The molecule has 2 saturated heterocycles. The molecule has 6 saturated carbocycles. The van der Waals surface area contributed by atoms with Crippen LogP contribution in [0, 0.1) is 40.9 Å².